The molecular weight excluding hydrogens is 390 g/mol. The molecule has 1 amide bonds. The Kier molecular flexibility index (Phi) is 5.26. The van der Waals surface area contributed by atoms with Crippen molar-refractivity contribution in [2.45, 2.75) is 32.9 Å². The van der Waals surface area contributed by atoms with Crippen molar-refractivity contribution >= 4 is 11.6 Å². The van der Waals surface area contributed by atoms with E-state index in [4.69, 9.17) is 0 Å². The Morgan fingerprint density at radius 2 is 1.97 bits per heavy atom. The number of carbonyl (C=O) groups excluding carboxylic acids is 1. The van der Waals surface area contributed by atoms with Crippen LogP contribution in [0.3, 0.4) is 0 Å². The second-order valence-corrected chi connectivity index (χ2v) is 6.82. The molecule has 0 radical (unpaired) electrons. The number of aromatic nitrogens is 5. The summed E-state index contributed by atoms with van der Waals surface area (Å²) in [6.45, 7) is 4.49. The topological polar surface area (TPSA) is 77.1 Å². The summed E-state index contributed by atoms with van der Waals surface area (Å²) in [7, 11) is 0. The van der Waals surface area contributed by atoms with Crippen molar-refractivity contribution in [2.75, 3.05) is 0 Å². The summed E-state index contributed by atoms with van der Waals surface area (Å²) in [5.41, 5.74) is 1.60. The summed E-state index contributed by atoms with van der Waals surface area (Å²) in [4.78, 5) is 17.3. The lowest BCUT2D eigenvalue weighted by atomic mass is 10.1. The van der Waals surface area contributed by atoms with Gasteiger partial charge in [0.2, 0.25) is 0 Å². The van der Waals surface area contributed by atoms with Gasteiger partial charge in [0.05, 0.1) is 23.6 Å². The third-order valence-electron chi connectivity index (χ3n) is 4.81. The van der Waals surface area contributed by atoms with E-state index in [0.717, 1.165) is 11.1 Å². The molecule has 0 bridgehead atoms. The Bertz CT molecular complexity index is 1180. The van der Waals surface area contributed by atoms with E-state index in [1.165, 1.54) is 12.3 Å². The number of amides is 1. The predicted octanol–water partition coefficient (Wildman–Crippen LogP) is 4.04. The van der Waals surface area contributed by atoms with Crippen LogP contribution in [0.5, 0.6) is 0 Å². The molecule has 30 heavy (non-hydrogen) atoms. The first kappa shape index (κ1) is 19.7. The standard InChI is InChI=1S/C21H20F2N6O/c1-3-28-10-9-16(27-28)13(2)25-21(30)15-12-24-29-18(19(22)23)11-17(26-20(15)29)14-7-5-4-6-8-14/h4-13,19H,3H2,1-2H3,(H,25,30). The van der Waals surface area contributed by atoms with Gasteiger partial charge < -0.3 is 5.32 Å². The van der Waals surface area contributed by atoms with Gasteiger partial charge in [-0.1, -0.05) is 30.3 Å². The monoisotopic (exact) mass is 410 g/mol. The third-order valence-corrected chi connectivity index (χ3v) is 4.81. The van der Waals surface area contributed by atoms with Gasteiger partial charge in [-0.05, 0) is 26.0 Å². The molecule has 0 fully saturated rings. The van der Waals surface area contributed by atoms with Crippen LogP contribution in [-0.4, -0.2) is 30.3 Å². The van der Waals surface area contributed by atoms with E-state index in [9.17, 15) is 13.6 Å². The molecule has 1 atom stereocenters. The number of alkyl halides is 2. The zero-order valence-corrected chi connectivity index (χ0v) is 16.5. The first-order valence-electron chi connectivity index (χ1n) is 9.54. The average Bonchev–Trinajstić information content (AvgIpc) is 3.40. The van der Waals surface area contributed by atoms with Crippen molar-refractivity contribution < 1.29 is 13.6 Å². The van der Waals surface area contributed by atoms with Crippen LogP contribution in [0.1, 0.15) is 48.1 Å². The van der Waals surface area contributed by atoms with Crippen LogP contribution in [0.4, 0.5) is 8.78 Å². The molecule has 1 unspecified atom stereocenters. The molecule has 0 spiro atoms. The van der Waals surface area contributed by atoms with Gasteiger partial charge in [0.25, 0.3) is 12.3 Å². The van der Waals surface area contributed by atoms with Crippen molar-refractivity contribution in [2.24, 2.45) is 0 Å². The summed E-state index contributed by atoms with van der Waals surface area (Å²) in [6, 6.07) is 11.7. The number of carbonyl (C=O) groups is 1. The maximum absolute atomic E-state index is 13.7. The molecule has 7 nitrogen and oxygen atoms in total. The molecule has 3 heterocycles. The van der Waals surface area contributed by atoms with Gasteiger partial charge in [-0.2, -0.15) is 10.2 Å². The Morgan fingerprint density at radius 3 is 2.63 bits per heavy atom. The van der Waals surface area contributed by atoms with Crippen molar-refractivity contribution in [1.82, 2.24) is 29.7 Å². The van der Waals surface area contributed by atoms with Crippen molar-refractivity contribution in [1.29, 1.82) is 0 Å². The minimum absolute atomic E-state index is 0.0791. The third kappa shape index (κ3) is 3.66. The Balaban J connectivity index is 1.72. The van der Waals surface area contributed by atoms with Gasteiger partial charge >= 0.3 is 0 Å². The fraction of sp³-hybridized carbons (Fsp3) is 0.238. The molecule has 0 saturated carbocycles. The van der Waals surface area contributed by atoms with Crippen LogP contribution >= 0.6 is 0 Å². The van der Waals surface area contributed by atoms with Gasteiger partial charge in [-0.15, -0.1) is 0 Å². The predicted molar refractivity (Wildman–Crippen MR) is 107 cm³/mol. The van der Waals surface area contributed by atoms with Gasteiger partial charge in [-0.3, -0.25) is 9.48 Å². The number of fused-ring (bicyclic) bond motifs is 1. The smallest absolute Gasteiger partial charge is 0.280 e. The van der Waals surface area contributed by atoms with Crippen LogP contribution in [0.15, 0.2) is 54.9 Å². The molecule has 1 aromatic carbocycles. The molecular formula is C21H20F2N6O. The summed E-state index contributed by atoms with van der Waals surface area (Å²) in [5, 5.41) is 11.2. The number of benzene rings is 1. The molecule has 1 N–H and O–H groups in total. The first-order chi connectivity index (χ1) is 14.5. The minimum atomic E-state index is -2.77. The zero-order valence-electron chi connectivity index (χ0n) is 16.5. The molecule has 0 aliphatic rings. The van der Waals surface area contributed by atoms with Crippen LogP contribution in [0, 0.1) is 0 Å². The highest BCUT2D eigenvalue weighted by molar-refractivity contribution is 6.00. The summed E-state index contributed by atoms with van der Waals surface area (Å²) < 4.78 is 30.1. The highest BCUT2D eigenvalue weighted by Crippen LogP contribution is 2.27. The van der Waals surface area contributed by atoms with E-state index in [0.29, 0.717) is 17.0 Å². The molecule has 3 aromatic heterocycles. The van der Waals surface area contributed by atoms with Gasteiger partial charge in [0, 0.05) is 18.3 Å². The number of aryl methyl sites for hydroxylation is 1. The van der Waals surface area contributed by atoms with E-state index in [-0.39, 0.29) is 22.9 Å². The van der Waals surface area contributed by atoms with Crippen LogP contribution in [0.25, 0.3) is 16.9 Å². The van der Waals surface area contributed by atoms with E-state index in [1.54, 1.807) is 35.9 Å². The fourth-order valence-electron chi connectivity index (χ4n) is 3.19. The summed E-state index contributed by atoms with van der Waals surface area (Å²) in [5.74, 6) is -0.457. The largest absolute Gasteiger partial charge is 0.344 e. The number of hydrogen-bond acceptors (Lipinski definition) is 4. The lowest BCUT2D eigenvalue weighted by Crippen LogP contribution is -2.27. The molecule has 4 rings (SSSR count). The average molecular weight is 410 g/mol. The van der Waals surface area contributed by atoms with Gasteiger partial charge in [0.15, 0.2) is 5.65 Å². The van der Waals surface area contributed by atoms with Crippen LogP contribution in [-0.2, 0) is 6.54 Å². The Hall–Kier alpha value is -3.62. The number of hydrogen-bond donors (Lipinski definition) is 1. The minimum Gasteiger partial charge on any atom is -0.344 e. The normalized spacial score (nSPS) is 12.4. The van der Waals surface area contributed by atoms with Gasteiger partial charge in [-0.25, -0.2) is 18.3 Å². The number of halogens is 2. The quantitative estimate of drug-likeness (QED) is 0.520. The fourth-order valence-corrected chi connectivity index (χ4v) is 3.19. The van der Waals surface area contributed by atoms with Crippen molar-refractivity contribution in [3.8, 4) is 11.3 Å². The van der Waals surface area contributed by atoms with E-state index in [2.05, 4.69) is 20.5 Å². The maximum Gasteiger partial charge on any atom is 0.280 e. The lowest BCUT2D eigenvalue weighted by molar-refractivity contribution is 0.0940. The molecule has 0 saturated heterocycles. The molecule has 0 aliphatic carbocycles. The van der Waals surface area contributed by atoms with Crippen LogP contribution in [0.2, 0.25) is 0 Å². The second-order valence-electron chi connectivity index (χ2n) is 6.82. The van der Waals surface area contributed by atoms with Crippen molar-refractivity contribution in [3.63, 3.8) is 0 Å². The summed E-state index contributed by atoms with van der Waals surface area (Å²) in [6.07, 6.45) is 0.316. The van der Waals surface area contributed by atoms with E-state index in [1.807, 2.05) is 25.3 Å². The SMILES string of the molecule is CCn1ccc(C(C)NC(=O)c2cnn3c(C(F)F)cc(-c4ccccc4)nc23)n1. The van der Waals surface area contributed by atoms with Crippen LogP contribution < -0.4 is 5.32 Å². The highest BCUT2D eigenvalue weighted by Gasteiger charge is 2.23. The lowest BCUT2D eigenvalue weighted by Gasteiger charge is -2.12. The van der Waals surface area contributed by atoms with E-state index >= 15 is 0 Å². The van der Waals surface area contributed by atoms with E-state index < -0.39 is 12.3 Å². The number of rotatable bonds is 6. The second kappa shape index (κ2) is 8.02. The van der Waals surface area contributed by atoms with Crippen molar-refractivity contribution in [3.05, 3.63) is 71.8 Å². The number of nitrogens with one attached hydrogen (secondary N) is 1. The molecule has 0 aliphatic heterocycles. The Labute approximate surface area is 171 Å². The molecule has 9 heteroatoms. The Morgan fingerprint density at radius 1 is 1.20 bits per heavy atom. The first-order valence-corrected chi connectivity index (χ1v) is 9.54. The zero-order chi connectivity index (χ0) is 21.3. The number of nitrogens with zero attached hydrogens (tertiary/aromatic N) is 5. The molecule has 4 aromatic rings. The summed E-state index contributed by atoms with van der Waals surface area (Å²) >= 11 is 0. The maximum atomic E-state index is 13.7. The molecule has 154 valence electrons. The highest BCUT2D eigenvalue weighted by atomic mass is 19.3. The van der Waals surface area contributed by atoms with Gasteiger partial charge in [0.1, 0.15) is 11.3 Å².